The maximum Gasteiger partial charge on any atom is 0.416 e. The van der Waals surface area contributed by atoms with Crippen LogP contribution in [0.15, 0.2) is 35.2 Å². The summed E-state index contributed by atoms with van der Waals surface area (Å²) in [6.07, 6.45) is -2.96. The molecule has 1 aromatic carbocycles. The van der Waals surface area contributed by atoms with Crippen LogP contribution < -0.4 is 5.73 Å². The lowest BCUT2D eigenvalue weighted by atomic mass is 9.87. The van der Waals surface area contributed by atoms with E-state index >= 15 is 0 Å². The third kappa shape index (κ3) is 9.44. The van der Waals surface area contributed by atoms with Crippen LogP contribution in [0, 0.1) is 6.92 Å². The molecule has 2 atom stereocenters. The number of H-pyrrole nitrogens is 1. The lowest BCUT2D eigenvalue weighted by Crippen LogP contribution is -2.53. The van der Waals surface area contributed by atoms with Crippen molar-refractivity contribution in [2.24, 2.45) is 5.73 Å². The summed E-state index contributed by atoms with van der Waals surface area (Å²) in [6.45, 7) is 16.4. The van der Waals surface area contributed by atoms with Gasteiger partial charge >= 0.3 is 6.18 Å². The molecular formula is C26H42F3N3O2S. The van der Waals surface area contributed by atoms with E-state index in [0.717, 1.165) is 23.9 Å². The highest BCUT2D eigenvalue weighted by atomic mass is 32.2. The van der Waals surface area contributed by atoms with Crippen molar-refractivity contribution in [1.82, 2.24) is 10.2 Å². The van der Waals surface area contributed by atoms with Crippen LogP contribution in [0.2, 0.25) is 0 Å². The van der Waals surface area contributed by atoms with Crippen molar-refractivity contribution >= 4 is 11.8 Å². The Hall–Kier alpha value is -1.55. The van der Waals surface area contributed by atoms with Crippen LogP contribution in [-0.2, 0) is 15.7 Å². The van der Waals surface area contributed by atoms with Crippen molar-refractivity contribution in [3.8, 4) is 0 Å². The van der Waals surface area contributed by atoms with E-state index < -0.39 is 11.7 Å². The summed E-state index contributed by atoms with van der Waals surface area (Å²) in [6, 6.07) is 7.47. The van der Waals surface area contributed by atoms with Gasteiger partial charge in [0, 0.05) is 34.6 Å². The van der Waals surface area contributed by atoms with Gasteiger partial charge in [-0.1, -0.05) is 19.9 Å². The van der Waals surface area contributed by atoms with Crippen molar-refractivity contribution in [3.63, 3.8) is 0 Å². The Morgan fingerprint density at radius 3 is 2.26 bits per heavy atom. The summed E-state index contributed by atoms with van der Waals surface area (Å²) in [4.78, 5) is 0.631. The first-order valence-electron chi connectivity index (χ1n) is 11.9. The van der Waals surface area contributed by atoms with Crippen LogP contribution in [0.1, 0.15) is 84.4 Å². The topological polar surface area (TPSA) is 73.2 Å². The fourth-order valence-electron chi connectivity index (χ4n) is 3.14. The number of hydrogen-bond donors (Lipinski definition) is 2. The summed E-state index contributed by atoms with van der Waals surface area (Å²) in [5, 5.41) is 7.16. The summed E-state index contributed by atoms with van der Waals surface area (Å²) < 4.78 is 49.5. The van der Waals surface area contributed by atoms with Gasteiger partial charge in [0.05, 0.1) is 16.9 Å². The second-order valence-electron chi connectivity index (χ2n) is 9.80. The molecule has 9 heteroatoms. The van der Waals surface area contributed by atoms with E-state index in [1.807, 2.05) is 54.5 Å². The van der Waals surface area contributed by atoms with Crippen molar-refractivity contribution in [1.29, 1.82) is 0 Å². The number of aryl methyl sites for hydroxylation is 1. The SMILES string of the molecule is CC.COC(C)(C)C(C)(C)N.Cc1cc(C2CC(C)(Sc3cccc(C(F)(F)F)c3)CCO2)n[nH]1. The number of aromatic amines is 1. The van der Waals surface area contributed by atoms with Crippen LogP contribution in [0.4, 0.5) is 13.2 Å². The molecule has 2 unspecified atom stereocenters. The van der Waals surface area contributed by atoms with E-state index in [9.17, 15) is 13.2 Å². The van der Waals surface area contributed by atoms with Gasteiger partial charge in [-0.15, -0.1) is 11.8 Å². The smallest absolute Gasteiger partial charge is 0.377 e. The van der Waals surface area contributed by atoms with E-state index in [1.165, 1.54) is 23.9 Å². The maximum atomic E-state index is 12.9. The normalized spacial score (nSPS) is 20.9. The van der Waals surface area contributed by atoms with Crippen molar-refractivity contribution in [2.45, 2.75) is 101 Å². The minimum atomic E-state index is -4.32. The Morgan fingerprint density at radius 1 is 1.17 bits per heavy atom. The molecule has 1 aliphatic rings. The molecule has 0 spiro atoms. The molecule has 0 radical (unpaired) electrons. The zero-order valence-electron chi connectivity index (χ0n) is 22.5. The number of alkyl halides is 3. The van der Waals surface area contributed by atoms with E-state index in [4.69, 9.17) is 15.2 Å². The molecule has 1 aliphatic heterocycles. The molecule has 0 amide bonds. The van der Waals surface area contributed by atoms with Gasteiger partial charge in [0.1, 0.15) is 6.10 Å². The van der Waals surface area contributed by atoms with E-state index in [-0.39, 0.29) is 22.0 Å². The lowest BCUT2D eigenvalue weighted by Gasteiger charge is -2.37. The van der Waals surface area contributed by atoms with Crippen molar-refractivity contribution < 1.29 is 22.6 Å². The molecule has 5 nitrogen and oxygen atoms in total. The Bertz CT molecular complexity index is 910. The number of aromatic nitrogens is 2. The average Bonchev–Trinajstić information content (AvgIpc) is 3.20. The van der Waals surface area contributed by atoms with Crippen LogP contribution in [0.3, 0.4) is 0 Å². The van der Waals surface area contributed by atoms with E-state index in [0.29, 0.717) is 17.9 Å². The summed E-state index contributed by atoms with van der Waals surface area (Å²) in [5.41, 5.74) is 6.49. The maximum absolute atomic E-state index is 12.9. The van der Waals surface area contributed by atoms with Gasteiger partial charge in [-0.05, 0) is 78.6 Å². The summed E-state index contributed by atoms with van der Waals surface area (Å²) in [5.74, 6) is 0. The fourth-order valence-corrected chi connectivity index (χ4v) is 4.46. The molecule has 1 saturated heterocycles. The molecule has 1 aromatic heterocycles. The highest BCUT2D eigenvalue weighted by Crippen LogP contribution is 2.46. The molecule has 35 heavy (non-hydrogen) atoms. The Morgan fingerprint density at radius 2 is 1.80 bits per heavy atom. The predicted octanol–water partition coefficient (Wildman–Crippen LogP) is 7.31. The van der Waals surface area contributed by atoms with Crippen LogP contribution in [0.5, 0.6) is 0 Å². The summed E-state index contributed by atoms with van der Waals surface area (Å²) in [7, 11) is 1.68. The molecule has 0 saturated carbocycles. The van der Waals surface area contributed by atoms with Crippen LogP contribution in [-0.4, -0.2) is 39.8 Å². The largest absolute Gasteiger partial charge is 0.416 e. The standard InChI is InChI=1S/C17H19F3N2OS.C7H17NO.C2H6/c1-11-8-14(22-21-11)15-10-16(2,6-7-23-15)24-13-5-3-4-12(9-13)17(18,19)20;1-6(2,8)7(3,4)9-5;1-2/h3-5,8-9,15H,6-7,10H2,1-2H3,(H,21,22);8H2,1-5H3;1-2H3. The monoisotopic (exact) mass is 517 g/mol. The van der Waals surface area contributed by atoms with Crippen LogP contribution in [0.25, 0.3) is 0 Å². The molecule has 200 valence electrons. The van der Waals surface area contributed by atoms with Gasteiger partial charge in [-0.3, -0.25) is 5.10 Å². The molecule has 3 rings (SSSR count). The molecule has 0 aliphatic carbocycles. The van der Waals surface area contributed by atoms with E-state index in [2.05, 4.69) is 17.1 Å². The Kier molecular flexibility index (Phi) is 11.3. The quantitative estimate of drug-likeness (QED) is 0.435. The Labute approximate surface area is 212 Å². The van der Waals surface area contributed by atoms with E-state index in [1.54, 1.807) is 13.2 Å². The number of methoxy groups -OCH3 is 1. The van der Waals surface area contributed by atoms with Gasteiger partial charge in [0.25, 0.3) is 0 Å². The minimum Gasteiger partial charge on any atom is -0.377 e. The predicted molar refractivity (Wildman–Crippen MR) is 138 cm³/mol. The highest BCUT2D eigenvalue weighted by molar-refractivity contribution is 8.00. The third-order valence-electron chi connectivity index (χ3n) is 6.21. The number of nitrogens with one attached hydrogen (secondary N) is 1. The number of nitrogens with zero attached hydrogens (tertiary/aromatic N) is 1. The summed E-state index contributed by atoms with van der Waals surface area (Å²) >= 11 is 1.48. The van der Waals surface area contributed by atoms with Crippen molar-refractivity contribution in [3.05, 3.63) is 47.3 Å². The van der Waals surface area contributed by atoms with Gasteiger partial charge in [-0.2, -0.15) is 18.3 Å². The Balaban J connectivity index is 0.000000473. The number of halogens is 3. The van der Waals surface area contributed by atoms with Gasteiger partial charge < -0.3 is 15.2 Å². The zero-order chi connectivity index (χ0) is 27.1. The molecular weight excluding hydrogens is 475 g/mol. The van der Waals surface area contributed by atoms with Crippen molar-refractivity contribution in [2.75, 3.05) is 13.7 Å². The number of hydrogen-bond acceptors (Lipinski definition) is 5. The first kappa shape index (κ1) is 31.5. The van der Waals surface area contributed by atoms with Crippen LogP contribution >= 0.6 is 11.8 Å². The molecule has 2 aromatic rings. The fraction of sp³-hybridized carbons (Fsp3) is 0.654. The number of ether oxygens (including phenoxy) is 2. The number of benzene rings is 1. The molecule has 1 fully saturated rings. The molecule has 2 heterocycles. The number of nitrogens with two attached hydrogens (primary N) is 1. The van der Waals surface area contributed by atoms with Gasteiger partial charge in [0.15, 0.2) is 0 Å². The molecule has 3 N–H and O–H groups in total. The number of thioether (sulfide) groups is 1. The third-order valence-corrected chi connectivity index (χ3v) is 7.56. The van der Waals surface area contributed by atoms with Gasteiger partial charge in [0.2, 0.25) is 0 Å². The first-order chi connectivity index (χ1) is 16.1. The number of rotatable bonds is 5. The second-order valence-corrected chi connectivity index (χ2v) is 11.5. The lowest BCUT2D eigenvalue weighted by molar-refractivity contribution is -0.137. The first-order valence-corrected chi connectivity index (χ1v) is 12.7. The second kappa shape index (κ2) is 12.6. The zero-order valence-corrected chi connectivity index (χ0v) is 23.3. The highest BCUT2D eigenvalue weighted by Gasteiger charge is 2.37. The molecule has 0 bridgehead atoms. The average molecular weight is 518 g/mol. The van der Waals surface area contributed by atoms with Gasteiger partial charge in [-0.25, -0.2) is 0 Å². The minimum absolute atomic E-state index is 0.132.